The summed E-state index contributed by atoms with van der Waals surface area (Å²) in [6, 6.07) is 5.96. The van der Waals surface area contributed by atoms with Crippen molar-refractivity contribution in [1.82, 2.24) is 9.88 Å². The molecule has 1 N–H and O–H groups in total. The van der Waals surface area contributed by atoms with Gasteiger partial charge in [0.05, 0.1) is 29.5 Å². The van der Waals surface area contributed by atoms with Gasteiger partial charge in [0.15, 0.2) is 15.0 Å². The zero-order valence-electron chi connectivity index (χ0n) is 15.8. The van der Waals surface area contributed by atoms with E-state index in [-0.39, 0.29) is 10.5 Å². The summed E-state index contributed by atoms with van der Waals surface area (Å²) in [6.07, 6.45) is 0.187. The fourth-order valence-electron chi connectivity index (χ4n) is 2.79. The first-order valence-electron chi connectivity index (χ1n) is 8.69. The highest BCUT2D eigenvalue weighted by molar-refractivity contribution is 7.92. The predicted molar refractivity (Wildman–Crippen MR) is 105 cm³/mol. The van der Waals surface area contributed by atoms with Gasteiger partial charge in [-0.2, -0.15) is 0 Å². The van der Waals surface area contributed by atoms with Gasteiger partial charge in [0, 0.05) is 23.4 Å². The van der Waals surface area contributed by atoms with Crippen LogP contribution in [0.4, 0.5) is 9.93 Å². The molecule has 1 aliphatic rings. The Morgan fingerprint density at radius 1 is 1.32 bits per heavy atom. The van der Waals surface area contributed by atoms with Gasteiger partial charge in [0.25, 0.3) is 5.91 Å². The molecule has 2 heterocycles. The highest BCUT2D eigenvalue weighted by Crippen LogP contribution is 2.29. The van der Waals surface area contributed by atoms with E-state index in [1.165, 1.54) is 30.6 Å². The Balaban J connectivity index is 1.77. The minimum absolute atomic E-state index is 0.113. The minimum atomic E-state index is -3.47. The summed E-state index contributed by atoms with van der Waals surface area (Å²) >= 11 is 1.29. The van der Waals surface area contributed by atoms with Crippen molar-refractivity contribution in [1.29, 1.82) is 0 Å². The van der Waals surface area contributed by atoms with Crippen molar-refractivity contribution in [2.45, 2.75) is 37.0 Å². The molecule has 2 aromatic rings. The van der Waals surface area contributed by atoms with Crippen molar-refractivity contribution in [2.24, 2.45) is 0 Å². The van der Waals surface area contributed by atoms with Crippen LogP contribution in [0.15, 0.2) is 29.2 Å². The molecule has 28 heavy (non-hydrogen) atoms. The van der Waals surface area contributed by atoms with E-state index >= 15 is 0 Å². The quantitative estimate of drug-likeness (QED) is 0.811. The third-order valence-electron chi connectivity index (χ3n) is 4.43. The first-order valence-corrected chi connectivity index (χ1v) is 11.1. The molecular formula is C18H21N3O5S2. The molecule has 0 saturated heterocycles. The van der Waals surface area contributed by atoms with Crippen LogP contribution in [0.5, 0.6) is 0 Å². The number of ether oxygens (including phenoxy) is 1. The Labute approximate surface area is 167 Å². The monoisotopic (exact) mass is 423 g/mol. The zero-order valence-corrected chi connectivity index (χ0v) is 17.4. The molecule has 150 valence electrons. The maximum absolute atomic E-state index is 12.6. The molecule has 0 unspecified atom stereocenters. The van der Waals surface area contributed by atoms with E-state index in [0.29, 0.717) is 24.6 Å². The van der Waals surface area contributed by atoms with E-state index in [1.807, 2.05) is 0 Å². The zero-order chi connectivity index (χ0) is 20.5. The summed E-state index contributed by atoms with van der Waals surface area (Å²) in [7, 11) is -2.13. The average molecular weight is 424 g/mol. The molecule has 0 radical (unpaired) electrons. The Morgan fingerprint density at radius 3 is 2.75 bits per heavy atom. The number of rotatable bonds is 4. The van der Waals surface area contributed by atoms with Crippen molar-refractivity contribution < 1.29 is 22.7 Å². The smallest absolute Gasteiger partial charge is 0.409 e. The van der Waals surface area contributed by atoms with Crippen LogP contribution in [-0.2, 0) is 27.5 Å². The molecular weight excluding hydrogens is 402 g/mol. The lowest BCUT2D eigenvalue weighted by molar-refractivity contribution is 0.102. The van der Waals surface area contributed by atoms with Gasteiger partial charge in [-0.1, -0.05) is 17.4 Å². The van der Waals surface area contributed by atoms with Crippen molar-refractivity contribution in [3.8, 4) is 0 Å². The number of fused-ring (bicyclic) bond motifs is 1. The summed E-state index contributed by atoms with van der Waals surface area (Å²) in [6.45, 7) is 4.09. The number of carbonyl (C=O) groups excluding carboxylic acids is 2. The van der Waals surface area contributed by atoms with Crippen LogP contribution in [0.25, 0.3) is 0 Å². The van der Waals surface area contributed by atoms with Crippen LogP contribution in [0, 0.1) is 0 Å². The number of nitrogens with zero attached hydrogens (tertiary/aromatic N) is 2. The second-order valence-electron chi connectivity index (χ2n) is 6.61. The highest BCUT2D eigenvalue weighted by atomic mass is 32.2. The minimum Gasteiger partial charge on any atom is -0.453 e. The lowest BCUT2D eigenvalue weighted by Crippen LogP contribution is -2.35. The van der Waals surface area contributed by atoms with E-state index in [4.69, 9.17) is 4.74 Å². The molecule has 2 amide bonds. The number of thiazole rings is 1. The van der Waals surface area contributed by atoms with Gasteiger partial charge in [-0.3, -0.25) is 10.1 Å². The number of carbonyl (C=O) groups is 2. The van der Waals surface area contributed by atoms with Gasteiger partial charge in [-0.15, -0.1) is 0 Å². The molecule has 0 aliphatic carbocycles. The number of benzene rings is 1. The fourth-order valence-corrected chi connectivity index (χ4v) is 4.91. The topological polar surface area (TPSA) is 106 Å². The van der Waals surface area contributed by atoms with E-state index in [1.54, 1.807) is 30.9 Å². The van der Waals surface area contributed by atoms with Crippen molar-refractivity contribution in [2.75, 3.05) is 19.0 Å². The summed E-state index contributed by atoms with van der Waals surface area (Å²) in [5, 5.41) is 2.56. The standard InChI is InChI=1S/C18H21N3O5S2/c1-11(2)28(24,25)13-6-4-5-12(9-13)16(22)20-17-19-14-7-8-21(18(23)26-3)10-15(14)27-17/h4-6,9,11H,7-8,10H2,1-3H3,(H,19,20,22). The van der Waals surface area contributed by atoms with Crippen LogP contribution < -0.4 is 5.32 Å². The predicted octanol–water partition coefficient (Wildman–Crippen LogP) is 2.70. The summed E-state index contributed by atoms with van der Waals surface area (Å²) < 4.78 is 29.4. The molecule has 1 aliphatic heterocycles. The number of nitrogens with one attached hydrogen (secondary N) is 1. The number of hydrogen-bond acceptors (Lipinski definition) is 7. The first-order chi connectivity index (χ1) is 13.2. The van der Waals surface area contributed by atoms with Crippen LogP contribution in [0.1, 0.15) is 34.8 Å². The number of anilines is 1. The Morgan fingerprint density at radius 2 is 2.07 bits per heavy atom. The van der Waals surface area contributed by atoms with Gasteiger partial charge in [-0.25, -0.2) is 18.2 Å². The fraction of sp³-hybridized carbons (Fsp3) is 0.389. The lowest BCUT2D eigenvalue weighted by Gasteiger charge is -2.24. The van der Waals surface area contributed by atoms with E-state index in [0.717, 1.165) is 10.6 Å². The van der Waals surface area contributed by atoms with Gasteiger partial charge in [0.1, 0.15) is 0 Å². The lowest BCUT2D eigenvalue weighted by atomic mass is 10.2. The largest absolute Gasteiger partial charge is 0.453 e. The molecule has 0 saturated carbocycles. The molecule has 0 spiro atoms. The SMILES string of the molecule is COC(=O)N1CCc2nc(NC(=O)c3cccc(S(=O)(=O)C(C)C)c3)sc2C1. The third kappa shape index (κ3) is 4.02. The number of aromatic nitrogens is 1. The third-order valence-corrected chi connectivity index (χ3v) is 7.58. The molecule has 0 fully saturated rings. The summed E-state index contributed by atoms with van der Waals surface area (Å²) in [4.78, 5) is 31.3. The molecule has 8 nitrogen and oxygen atoms in total. The molecule has 0 atom stereocenters. The van der Waals surface area contributed by atoms with E-state index in [2.05, 4.69) is 10.3 Å². The molecule has 10 heteroatoms. The molecule has 1 aromatic heterocycles. The first kappa shape index (κ1) is 20.3. The van der Waals surface area contributed by atoms with Crippen LogP contribution in [0.3, 0.4) is 0 Å². The number of sulfone groups is 1. The van der Waals surface area contributed by atoms with Crippen molar-refractivity contribution >= 4 is 38.3 Å². The Hall–Kier alpha value is -2.46. The average Bonchev–Trinajstić information content (AvgIpc) is 3.08. The van der Waals surface area contributed by atoms with Gasteiger partial charge in [0.2, 0.25) is 0 Å². The van der Waals surface area contributed by atoms with E-state index in [9.17, 15) is 18.0 Å². The van der Waals surface area contributed by atoms with Crippen molar-refractivity contribution in [3.05, 3.63) is 40.4 Å². The molecule has 3 rings (SSSR count). The second-order valence-corrected chi connectivity index (χ2v) is 10.2. The molecule has 1 aromatic carbocycles. The number of hydrogen-bond donors (Lipinski definition) is 1. The van der Waals surface area contributed by atoms with Gasteiger partial charge >= 0.3 is 6.09 Å². The van der Waals surface area contributed by atoms with Gasteiger partial charge < -0.3 is 9.64 Å². The van der Waals surface area contributed by atoms with Crippen LogP contribution >= 0.6 is 11.3 Å². The highest BCUT2D eigenvalue weighted by Gasteiger charge is 2.25. The Kier molecular flexibility index (Phi) is 5.71. The maximum Gasteiger partial charge on any atom is 0.409 e. The van der Waals surface area contributed by atoms with E-state index < -0.39 is 27.1 Å². The summed E-state index contributed by atoms with van der Waals surface area (Å²) in [5.41, 5.74) is 1.09. The number of amides is 2. The van der Waals surface area contributed by atoms with Crippen molar-refractivity contribution in [3.63, 3.8) is 0 Å². The summed E-state index contributed by atoms with van der Waals surface area (Å²) in [5.74, 6) is -0.434. The maximum atomic E-state index is 12.6. The van der Waals surface area contributed by atoms with Crippen LogP contribution in [0.2, 0.25) is 0 Å². The van der Waals surface area contributed by atoms with Crippen LogP contribution in [-0.4, -0.2) is 49.2 Å². The Bertz CT molecular complexity index is 1010. The normalized spacial score (nSPS) is 13.9. The number of methoxy groups -OCH3 is 1. The van der Waals surface area contributed by atoms with Gasteiger partial charge in [-0.05, 0) is 32.0 Å². The molecule has 0 bridgehead atoms. The second kappa shape index (κ2) is 7.88.